The van der Waals surface area contributed by atoms with Gasteiger partial charge in [-0.1, -0.05) is 35.9 Å². The Kier molecular flexibility index (Phi) is 4.90. The van der Waals surface area contributed by atoms with E-state index in [0.29, 0.717) is 0 Å². The maximum absolute atomic E-state index is 6.17. The molecule has 1 aromatic carbocycles. The minimum atomic E-state index is 0. The summed E-state index contributed by atoms with van der Waals surface area (Å²) >= 11 is 7.91. The lowest BCUT2D eigenvalue weighted by Crippen LogP contribution is -2.46. The van der Waals surface area contributed by atoms with Gasteiger partial charge in [0.25, 0.3) is 0 Å². The SMILES string of the molecule is CCN1CCN(c2nc3c(Cl)cccc3s2)CC1.Cl. The van der Waals surface area contributed by atoms with Gasteiger partial charge in [0.05, 0.1) is 9.72 Å². The summed E-state index contributed by atoms with van der Waals surface area (Å²) in [6, 6.07) is 5.98. The van der Waals surface area contributed by atoms with Gasteiger partial charge in [-0.05, 0) is 18.7 Å². The number of thiazole rings is 1. The van der Waals surface area contributed by atoms with Crippen LogP contribution in [0.5, 0.6) is 0 Å². The molecule has 0 aliphatic carbocycles. The fourth-order valence-electron chi connectivity index (χ4n) is 2.29. The molecule has 0 unspecified atom stereocenters. The number of likely N-dealkylation sites (N-methyl/N-ethyl adjacent to an activating group) is 1. The smallest absolute Gasteiger partial charge is 0.186 e. The van der Waals surface area contributed by atoms with Crippen LogP contribution in [0, 0.1) is 0 Å². The largest absolute Gasteiger partial charge is 0.345 e. The highest BCUT2D eigenvalue weighted by molar-refractivity contribution is 7.22. The van der Waals surface area contributed by atoms with Crippen LogP contribution in [0.4, 0.5) is 5.13 Å². The number of fused-ring (bicyclic) bond motifs is 1. The van der Waals surface area contributed by atoms with Crippen LogP contribution in [-0.4, -0.2) is 42.6 Å². The van der Waals surface area contributed by atoms with Crippen LogP contribution >= 0.6 is 35.3 Å². The average molecular weight is 318 g/mol. The van der Waals surface area contributed by atoms with Gasteiger partial charge in [-0.15, -0.1) is 12.4 Å². The van der Waals surface area contributed by atoms with Crippen molar-refractivity contribution in [2.75, 3.05) is 37.6 Å². The van der Waals surface area contributed by atoms with Gasteiger partial charge >= 0.3 is 0 Å². The Labute approximate surface area is 128 Å². The maximum atomic E-state index is 6.17. The van der Waals surface area contributed by atoms with Crippen molar-refractivity contribution in [1.29, 1.82) is 0 Å². The zero-order valence-corrected chi connectivity index (χ0v) is 13.2. The summed E-state index contributed by atoms with van der Waals surface area (Å²) in [5.74, 6) is 0. The maximum Gasteiger partial charge on any atom is 0.186 e. The average Bonchev–Trinajstić information content (AvgIpc) is 2.84. The first kappa shape index (κ1) is 14.9. The first-order valence-corrected chi connectivity index (χ1v) is 7.49. The molecule has 104 valence electrons. The lowest BCUT2D eigenvalue weighted by molar-refractivity contribution is 0.271. The third-order valence-corrected chi connectivity index (χ3v) is 4.83. The number of halogens is 2. The fraction of sp³-hybridized carbons (Fsp3) is 0.462. The Morgan fingerprint density at radius 2 is 2.00 bits per heavy atom. The summed E-state index contributed by atoms with van der Waals surface area (Å²) in [5.41, 5.74) is 0.942. The van der Waals surface area contributed by atoms with E-state index in [1.807, 2.05) is 12.1 Å². The molecule has 1 aliphatic heterocycles. The van der Waals surface area contributed by atoms with Gasteiger partial charge in [0.15, 0.2) is 5.13 Å². The van der Waals surface area contributed by atoms with Crippen LogP contribution in [0.3, 0.4) is 0 Å². The van der Waals surface area contributed by atoms with E-state index in [9.17, 15) is 0 Å². The van der Waals surface area contributed by atoms with Gasteiger partial charge in [0.1, 0.15) is 5.52 Å². The van der Waals surface area contributed by atoms with E-state index in [-0.39, 0.29) is 12.4 Å². The summed E-state index contributed by atoms with van der Waals surface area (Å²) in [6.07, 6.45) is 0. The molecule has 1 fully saturated rings. The monoisotopic (exact) mass is 317 g/mol. The van der Waals surface area contributed by atoms with E-state index in [1.54, 1.807) is 11.3 Å². The number of benzene rings is 1. The summed E-state index contributed by atoms with van der Waals surface area (Å²) in [7, 11) is 0. The summed E-state index contributed by atoms with van der Waals surface area (Å²) in [6.45, 7) is 7.73. The molecule has 3 rings (SSSR count). The van der Waals surface area contributed by atoms with Crippen molar-refractivity contribution >= 4 is 50.7 Å². The molecule has 0 spiro atoms. The van der Waals surface area contributed by atoms with Crippen LogP contribution < -0.4 is 4.90 Å². The first-order valence-electron chi connectivity index (χ1n) is 6.30. The molecule has 2 aromatic rings. The van der Waals surface area contributed by atoms with Crippen molar-refractivity contribution in [2.45, 2.75) is 6.92 Å². The molecule has 3 nitrogen and oxygen atoms in total. The van der Waals surface area contributed by atoms with Crippen LogP contribution in [-0.2, 0) is 0 Å². The number of hydrogen-bond donors (Lipinski definition) is 0. The van der Waals surface area contributed by atoms with Gasteiger partial charge in [-0.3, -0.25) is 0 Å². The van der Waals surface area contributed by atoms with Gasteiger partial charge in [0.2, 0.25) is 0 Å². The van der Waals surface area contributed by atoms with Crippen molar-refractivity contribution in [2.24, 2.45) is 0 Å². The van der Waals surface area contributed by atoms with Crippen LogP contribution in [0.15, 0.2) is 18.2 Å². The second kappa shape index (κ2) is 6.27. The molecule has 1 aliphatic rings. The third kappa shape index (κ3) is 2.97. The van der Waals surface area contributed by atoms with Crippen LogP contribution in [0.2, 0.25) is 5.02 Å². The quantitative estimate of drug-likeness (QED) is 0.845. The molecule has 0 bridgehead atoms. The first-order chi connectivity index (χ1) is 8.78. The van der Waals surface area contributed by atoms with Crippen LogP contribution in [0.1, 0.15) is 6.92 Å². The Morgan fingerprint density at radius 3 is 2.63 bits per heavy atom. The van der Waals surface area contributed by atoms with E-state index in [0.717, 1.165) is 48.4 Å². The van der Waals surface area contributed by atoms with Crippen LogP contribution in [0.25, 0.3) is 10.2 Å². The fourth-order valence-corrected chi connectivity index (χ4v) is 3.61. The molecule has 0 N–H and O–H groups in total. The highest BCUT2D eigenvalue weighted by Crippen LogP contribution is 2.32. The zero-order valence-electron chi connectivity index (χ0n) is 10.8. The summed E-state index contributed by atoms with van der Waals surface area (Å²) < 4.78 is 1.18. The Morgan fingerprint density at radius 1 is 1.26 bits per heavy atom. The van der Waals surface area contributed by atoms with Crippen molar-refractivity contribution < 1.29 is 0 Å². The molecule has 0 saturated carbocycles. The normalized spacial score (nSPS) is 16.6. The van der Waals surface area contributed by atoms with Gasteiger partial charge in [0, 0.05) is 26.2 Å². The number of aromatic nitrogens is 1. The second-order valence-electron chi connectivity index (χ2n) is 4.50. The number of anilines is 1. The number of hydrogen-bond acceptors (Lipinski definition) is 4. The van der Waals surface area contributed by atoms with E-state index >= 15 is 0 Å². The molecule has 0 atom stereocenters. The molecule has 1 aromatic heterocycles. The zero-order chi connectivity index (χ0) is 12.5. The molecular weight excluding hydrogens is 301 g/mol. The lowest BCUT2D eigenvalue weighted by Gasteiger charge is -2.33. The summed E-state index contributed by atoms with van der Waals surface area (Å²) in [5, 5.41) is 1.86. The molecule has 6 heteroatoms. The molecule has 1 saturated heterocycles. The van der Waals surface area contributed by atoms with E-state index < -0.39 is 0 Å². The lowest BCUT2D eigenvalue weighted by atomic mass is 10.3. The van der Waals surface area contributed by atoms with E-state index in [4.69, 9.17) is 11.6 Å². The number of para-hydroxylation sites is 1. The standard InChI is InChI=1S/C13H16ClN3S.ClH/c1-2-16-6-8-17(9-7-16)13-15-12-10(14)4-3-5-11(12)18-13;/h3-5H,2,6-9H2,1H3;1H. The Bertz CT molecular complexity index is 550. The highest BCUT2D eigenvalue weighted by Gasteiger charge is 2.19. The third-order valence-electron chi connectivity index (χ3n) is 3.45. The highest BCUT2D eigenvalue weighted by atomic mass is 35.5. The Balaban J connectivity index is 0.00000133. The van der Waals surface area contributed by atoms with Gasteiger partial charge < -0.3 is 9.80 Å². The van der Waals surface area contributed by atoms with Gasteiger partial charge in [-0.2, -0.15) is 0 Å². The molecule has 2 heterocycles. The summed E-state index contributed by atoms with van der Waals surface area (Å²) in [4.78, 5) is 9.52. The minimum Gasteiger partial charge on any atom is -0.345 e. The van der Waals surface area contributed by atoms with Crippen molar-refractivity contribution in [3.05, 3.63) is 23.2 Å². The Hall–Kier alpha value is -0.550. The second-order valence-corrected chi connectivity index (χ2v) is 5.92. The van der Waals surface area contributed by atoms with E-state index in [2.05, 4.69) is 27.8 Å². The number of piperazine rings is 1. The van der Waals surface area contributed by atoms with Gasteiger partial charge in [-0.25, -0.2) is 4.98 Å². The molecule has 0 radical (unpaired) electrons. The van der Waals surface area contributed by atoms with Crippen molar-refractivity contribution in [3.8, 4) is 0 Å². The van der Waals surface area contributed by atoms with Crippen molar-refractivity contribution in [1.82, 2.24) is 9.88 Å². The van der Waals surface area contributed by atoms with Crippen molar-refractivity contribution in [3.63, 3.8) is 0 Å². The predicted molar refractivity (Wildman–Crippen MR) is 86.2 cm³/mol. The predicted octanol–water partition coefficient (Wildman–Crippen LogP) is 3.51. The molecule has 0 amide bonds. The number of nitrogens with zero attached hydrogens (tertiary/aromatic N) is 3. The van der Waals surface area contributed by atoms with E-state index in [1.165, 1.54) is 4.70 Å². The minimum absolute atomic E-state index is 0. The topological polar surface area (TPSA) is 19.4 Å². The number of rotatable bonds is 2. The molecular formula is C13H17Cl2N3S. The molecule has 19 heavy (non-hydrogen) atoms.